The van der Waals surface area contributed by atoms with Gasteiger partial charge in [-0.1, -0.05) is 31.2 Å². The SMILES string of the molecule is CCc1ccc(C(O)CNc2ccnc(C(=O)O)c2)cc1. The molecule has 0 aliphatic heterocycles. The summed E-state index contributed by atoms with van der Waals surface area (Å²) < 4.78 is 0. The number of benzene rings is 1. The highest BCUT2D eigenvalue weighted by molar-refractivity contribution is 5.86. The van der Waals surface area contributed by atoms with E-state index in [2.05, 4.69) is 17.2 Å². The second-order valence-corrected chi connectivity index (χ2v) is 4.73. The van der Waals surface area contributed by atoms with Crippen molar-refractivity contribution in [3.8, 4) is 0 Å². The van der Waals surface area contributed by atoms with Crippen molar-refractivity contribution in [3.63, 3.8) is 0 Å². The van der Waals surface area contributed by atoms with Crippen molar-refractivity contribution in [1.82, 2.24) is 4.98 Å². The minimum Gasteiger partial charge on any atom is -0.477 e. The number of hydrogen-bond donors (Lipinski definition) is 3. The van der Waals surface area contributed by atoms with Gasteiger partial charge >= 0.3 is 5.97 Å². The highest BCUT2D eigenvalue weighted by Crippen LogP contribution is 2.16. The Morgan fingerprint density at radius 3 is 2.62 bits per heavy atom. The van der Waals surface area contributed by atoms with Crippen molar-refractivity contribution in [3.05, 3.63) is 59.4 Å². The van der Waals surface area contributed by atoms with Crippen LogP contribution in [-0.4, -0.2) is 27.7 Å². The second kappa shape index (κ2) is 6.85. The molecule has 1 aromatic heterocycles. The van der Waals surface area contributed by atoms with E-state index in [4.69, 9.17) is 5.11 Å². The second-order valence-electron chi connectivity index (χ2n) is 4.73. The highest BCUT2D eigenvalue weighted by atomic mass is 16.4. The van der Waals surface area contributed by atoms with Gasteiger partial charge in [-0.3, -0.25) is 0 Å². The topological polar surface area (TPSA) is 82.5 Å². The van der Waals surface area contributed by atoms with E-state index in [0.717, 1.165) is 12.0 Å². The third-order valence-corrected chi connectivity index (χ3v) is 3.25. The van der Waals surface area contributed by atoms with Crippen molar-refractivity contribution < 1.29 is 15.0 Å². The minimum absolute atomic E-state index is 0.0261. The zero-order valence-electron chi connectivity index (χ0n) is 11.8. The van der Waals surface area contributed by atoms with E-state index in [1.54, 1.807) is 6.07 Å². The Labute approximate surface area is 123 Å². The predicted octanol–water partition coefficient (Wildman–Crippen LogP) is 2.49. The van der Waals surface area contributed by atoms with E-state index < -0.39 is 12.1 Å². The van der Waals surface area contributed by atoms with Gasteiger partial charge in [-0.05, 0) is 29.7 Å². The summed E-state index contributed by atoms with van der Waals surface area (Å²) in [4.78, 5) is 14.6. The lowest BCUT2D eigenvalue weighted by molar-refractivity contribution is 0.0690. The summed E-state index contributed by atoms with van der Waals surface area (Å²) in [7, 11) is 0. The average Bonchev–Trinajstić information content (AvgIpc) is 2.53. The molecule has 0 fully saturated rings. The van der Waals surface area contributed by atoms with E-state index in [1.807, 2.05) is 24.3 Å². The van der Waals surface area contributed by atoms with Crippen LogP contribution in [0.15, 0.2) is 42.6 Å². The first kappa shape index (κ1) is 15.0. The molecule has 0 amide bonds. The van der Waals surface area contributed by atoms with Crippen molar-refractivity contribution in [2.24, 2.45) is 0 Å². The summed E-state index contributed by atoms with van der Waals surface area (Å²) in [5.74, 6) is -1.07. The number of carbonyl (C=O) groups is 1. The molecule has 110 valence electrons. The number of aryl methyl sites for hydroxylation is 1. The van der Waals surface area contributed by atoms with E-state index in [9.17, 15) is 9.90 Å². The van der Waals surface area contributed by atoms with Gasteiger partial charge in [0.2, 0.25) is 0 Å². The summed E-state index contributed by atoms with van der Waals surface area (Å²) in [6.45, 7) is 2.38. The molecule has 1 atom stereocenters. The van der Waals surface area contributed by atoms with Gasteiger partial charge in [0.15, 0.2) is 0 Å². The van der Waals surface area contributed by atoms with Gasteiger partial charge in [0.05, 0.1) is 6.10 Å². The molecule has 21 heavy (non-hydrogen) atoms. The highest BCUT2D eigenvalue weighted by Gasteiger charge is 2.09. The van der Waals surface area contributed by atoms with Crippen LogP contribution in [0.5, 0.6) is 0 Å². The molecule has 0 saturated heterocycles. The average molecular weight is 286 g/mol. The standard InChI is InChI=1S/C16H18N2O3/c1-2-11-3-5-12(6-4-11)15(19)10-18-13-7-8-17-14(9-13)16(20)21/h3-9,15,19H,2,10H2,1H3,(H,17,18)(H,20,21). The number of carboxylic acid groups (broad SMARTS) is 1. The van der Waals surface area contributed by atoms with Crippen molar-refractivity contribution in [1.29, 1.82) is 0 Å². The summed E-state index contributed by atoms with van der Waals surface area (Å²) in [6, 6.07) is 10.9. The zero-order chi connectivity index (χ0) is 15.2. The van der Waals surface area contributed by atoms with Crippen molar-refractivity contribution >= 4 is 11.7 Å². The molecular weight excluding hydrogens is 268 g/mol. The number of pyridine rings is 1. The summed E-state index contributed by atoms with van der Waals surface area (Å²) in [5.41, 5.74) is 2.64. The van der Waals surface area contributed by atoms with Gasteiger partial charge in [0.1, 0.15) is 5.69 Å². The molecule has 0 radical (unpaired) electrons. The first-order valence-corrected chi connectivity index (χ1v) is 6.80. The van der Waals surface area contributed by atoms with E-state index in [0.29, 0.717) is 12.2 Å². The minimum atomic E-state index is -1.07. The Morgan fingerprint density at radius 2 is 2.00 bits per heavy atom. The molecule has 0 bridgehead atoms. The number of aliphatic hydroxyl groups is 1. The number of aromatic carboxylic acids is 1. The van der Waals surface area contributed by atoms with Gasteiger partial charge in [0.25, 0.3) is 0 Å². The quantitative estimate of drug-likeness (QED) is 0.760. The molecule has 0 aliphatic carbocycles. The Hall–Kier alpha value is -2.40. The Bertz CT molecular complexity index is 611. The largest absolute Gasteiger partial charge is 0.477 e. The van der Waals surface area contributed by atoms with Gasteiger partial charge in [-0.15, -0.1) is 0 Å². The molecule has 2 aromatic rings. The van der Waals surface area contributed by atoms with Crippen LogP contribution in [0.3, 0.4) is 0 Å². The normalized spacial score (nSPS) is 11.9. The number of aliphatic hydroxyl groups excluding tert-OH is 1. The fourth-order valence-corrected chi connectivity index (χ4v) is 1.97. The molecule has 0 saturated carbocycles. The molecule has 1 unspecified atom stereocenters. The van der Waals surface area contributed by atoms with Crippen LogP contribution in [0.2, 0.25) is 0 Å². The number of nitrogens with one attached hydrogen (secondary N) is 1. The van der Waals surface area contributed by atoms with Gasteiger partial charge < -0.3 is 15.5 Å². The lowest BCUT2D eigenvalue weighted by atomic mass is 10.1. The number of hydrogen-bond acceptors (Lipinski definition) is 4. The zero-order valence-corrected chi connectivity index (χ0v) is 11.8. The summed E-state index contributed by atoms with van der Waals surface area (Å²) in [5, 5.41) is 22.0. The van der Waals surface area contributed by atoms with Crippen LogP contribution in [0.25, 0.3) is 0 Å². The van der Waals surface area contributed by atoms with E-state index in [-0.39, 0.29) is 5.69 Å². The fraction of sp³-hybridized carbons (Fsp3) is 0.250. The third kappa shape index (κ3) is 4.03. The van der Waals surface area contributed by atoms with Crippen molar-refractivity contribution in [2.75, 3.05) is 11.9 Å². The van der Waals surface area contributed by atoms with Crippen LogP contribution in [0.1, 0.15) is 34.6 Å². The van der Waals surface area contributed by atoms with Crippen LogP contribution < -0.4 is 5.32 Å². The molecule has 2 rings (SSSR count). The predicted molar refractivity (Wildman–Crippen MR) is 80.5 cm³/mol. The lowest BCUT2D eigenvalue weighted by Crippen LogP contribution is -2.13. The summed E-state index contributed by atoms with van der Waals surface area (Å²) in [6.07, 6.45) is 1.73. The lowest BCUT2D eigenvalue weighted by Gasteiger charge is -2.13. The van der Waals surface area contributed by atoms with Crippen LogP contribution in [-0.2, 0) is 6.42 Å². The maximum atomic E-state index is 10.8. The number of anilines is 1. The van der Waals surface area contributed by atoms with Crippen molar-refractivity contribution in [2.45, 2.75) is 19.4 Å². The van der Waals surface area contributed by atoms with Gasteiger partial charge in [-0.2, -0.15) is 0 Å². The Morgan fingerprint density at radius 1 is 1.29 bits per heavy atom. The first-order valence-electron chi connectivity index (χ1n) is 6.80. The molecule has 0 spiro atoms. The van der Waals surface area contributed by atoms with Crippen LogP contribution in [0.4, 0.5) is 5.69 Å². The molecule has 0 aliphatic rings. The molecule has 3 N–H and O–H groups in total. The maximum Gasteiger partial charge on any atom is 0.354 e. The van der Waals surface area contributed by atoms with E-state index in [1.165, 1.54) is 17.8 Å². The first-order chi connectivity index (χ1) is 10.1. The molecule has 5 heteroatoms. The van der Waals surface area contributed by atoms with Crippen LogP contribution in [0, 0.1) is 0 Å². The number of aromatic nitrogens is 1. The molecule has 1 aromatic carbocycles. The maximum absolute atomic E-state index is 10.8. The number of rotatable bonds is 6. The van der Waals surface area contributed by atoms with E-state index >= 15 is 0 Å². The molecular formula is C16H18N2O3. The smallest absolute Gasteiger partial charge is 0.354 e. The molecule has 5 nitrogen and oxygen atoms in total. The summed E-state index contributed by atoms with van der Waals surface area (Å²) >= 11 is 0. The van der Waals surface area contributed by atoms with Gasteiger partial charge in [0, 0.05) is 18.4 Å². The molecule has 1 heterocycles. The number of nitrogens with zero attached hydrogens (tertiary/aromatic N) is 1. The Balaban J connectivity index is 1.98. The number of carboxylic acids is 1. The van der Waals surface area contributed by atoms with Gasteiger partial charge in [-0.25, -0.2) is 9.78 Å². The Kier molecular flexibility index (Phi) is 4.90. The third-order valence-electron chi connectivity index (χ3n) is 3.25. The van der Waals surface area contributed by atoms with Crippen LogP contribution >= 0.6 is 0 Å². The monoisotopic (exact) mass is 286 g/mol. The fourth-order valence-electron chi connectivity index (χ4n) is 1.97.